The Balaban J connectivity index is 0.00000225. The highest BCUT2D eigenvalue weighted by Crippen LogP contribution is 2.44. The summed E-state index contributed by atoms with van der Waals surface area (Å²) < 4.78 is 14.9. The third-order valence-corrected chi connectivity index (χ3v) is 8.45. The summed E-state index contributed by atoms with van der Waals surface area (Å²) in [4.78, 5) is 0. The second-order valence-corrected chi connectivity index (χ2v) is 10.4. The molecular weight excluding hydrogens is 343 g/mol. The van der Waals surface area contributed by atoms with Crippen molar-refractivity contribution < 1.29 is 8.67 Å². The molecule has 4 rings (SSSR count). The number of halogens is 1. The van der Waals surface area contributed by atoms with Crippen LogP contribution in [0.25, 0.3) is 0 Å². The fourth-order valence-corrected chi connectivity index (χ4v) is 6.38. The van der Waals surface area contributed by atoms with E-state index in [4.69, 9.17) is 0 Å². The molecule has 0 unspecified atom stereocenters. The van der Waals surface area contributed by atoms with Gasteiger partial charge in [0.2, 0.25) is 0 Å². The van der Waals surface area contributed by atoms with Gasteiger partial charge in [-0.2, -0.15) is 0 Å². The normalized spacial score (nSPS) is 36.5. The molecule has 0 atom stereocenters. The molecule has 0 nitrogen and oxygen atoms in total. The van der Waals surface area contributed by atoms with Gasteiger partial charge < -0.3 is 0 Å². The van der Waals surface area contributed by atoms with E-state index >= 15 is 0 Å². The first-order valence-corrected chi connectivity index (χ1v) is 11.9. The Bertz CT molecular complexity index is 611. The molecule has 1 aromatic rings. The van der Waals surface area contributed by atoms with E-state index in [1.165, 1.54) is 82.6 Å². The zero-order chi connectivity index (χ0) is 18.8. The summed E-state index contributed by atoms with van der Waals surface area (Å²) in [6.07, 6.45) is 15.9. The second-order valence-electron chi connectivity index (χ2n) is 10.4. The van der Waals surface area contributed by atoms with Crippen LogP contribution >= 0.6 is 0 Å². The molecule has 3 aliphatic carbocycles. The molecule has 0 heterocycles. The van der Waals surface area contributed by atoms with E-state index in [-0.39, 0.29) is 17.5 Å². The van der Waals surface area contributed by atoms with E-state index in [1.54, 1.807) is 0 Å². The van der Waals surface area contributed by atoms with Gasteiger partial charge in [0.15, 0.2) is 0 Å². The van der Waals surface area contributed by atoms with Gasteiger partial charge in [0.05, 0.1) is 0 Å². The molecule has 3 saturated carbocycles. The first-order valence-electron chi connectivity index (χ1n) is 11.9. The molecular formula is C27H49F. The van der Waals surface area contributed by atoms with Crippen LogP contribution in [0, 0.1) is 29.5 Å². The average molecular weight is 393 g/mol. The van der Waals surface area contributed by atoms with Gasteiger partial charge in [0.1, 0.15) is 5.82 Å². The number of hydrogen-bond donors (Lipinski definition) is 0. The second kappa shape index (κ2) is 9.77. The minimum absolute atomic E-state index is 0. The molecule has 28 heavy (non-hydrogen) atoms. The Morgan fingerprint density at radius 3 is 1.68 bits per heavy atom. The van der Waals surface area contributed by atoms with Crippen LogP contribution in [-0.4, -0.2) is 0 Å². The van der Waals surface area contributed by atoms with Crippen LogP contribution < -0.4 is 0 Å². The highest BCUT2D eigenvalue weighted by Gasteiger charge is 2.31. The van der Waals surface area contributed by atoms with Crippen molar-refractivity contribution in [2.24, 2.45) is 23.7 Å². The monoisotopic (exact) mass is 392 g/mol. The van der Waals surface area contributed by atoms with Crippen LogP contribution in [0.1, 0.15) is 126 Å². The maximum Gasteiger partial charge on any atom is 0.126 e. The van der Waals surface area contributed by atoms with Crippen LogP contribution in [0.4, 0.5) is 4.39 Å². The van der Waals surface area contributed by atoms with Crippen LogP contribution in [0.3, 0.4) is 0 Å². The van der Waals surface area contributed by atoms with Crippen molar-refractivity contribution in [1.82, 2.24) is 0 Å². The van der Waals surface area contributed by atoms with Crippen molar-refractivity contribution >= 4 is 0 Å². The summed E-state index contributed by atoms with van der Waals surface area (Å²) in [5, 5.41) is 0. The zero-order valence-corrected chi connectivity index (χ0v) is 17.6. The Hall–Kier alpha value is -0.850. The summed E-state index contributed by atoms with van der Waals surface area (Å²) in [5.41, 5.74) is 2.27. The van der Waals surface area contributed by atoms with Crippen molar-refractivity contribution in [2.45, 2.75) is 110 Å². The van der Waals surface area contributed by atoms with Gasteiger partial charge >= 0.3 is 0 Å². The lowest BCUT2D eigenvalue weighted by Crippen LogP contribution is -2.24. The van der Waals surface area contributed by atoms with Gasteiger partial charge in [0, 0.05) is 4.28 Å². The summed E-state index contributed by atoms with van der Waals surface area (Å²) >= 11 is 0. The van der Waals surface area contributed by atoms with Crippen LogP contribution in [0.15, 0.2) is 18.2 Å². The van der Waals surface area contributed by atoms with Crippen molar-refractivity contribution in [3.63, 3.8) is 0 Å². The fourth-order valence-electron chi connectivity index (χ4n) is 6.38. The van der Waals surface area contributed by atoms with Gasteiger partial charge in [-0.3, -0.25) is 0 Å². The molecule has 0 aromatic heterocycles. The summed E-state index contributed by atoms with van der Waals surface area (Å²) in [5.74, 6) is 4.84. The molecule has 3 fully saturated rings. The predicted molar refractivity (Wildman–Crippen MR) is 126 cm³/mol. The van der Waals surface area contributed by atoms with Crippen LogP contribution in [-0.2, 0) is 0 Å². The Kier molecular flexibility index (Phi) is 7.62. The van der Waals surface area contributed by atoms with Gasteiger partial charge in [-0.1, -0.05) is 59.1 Å². The first kappa shape index (κ1) is 21.8. The molecule has 0 bridgehead atoms. The smallest absolute Gasteiger partial charge is 0.126 e. The minimum atomic E-state index is 0. The van der Waals surface area contributed by atoms with Crippen molar-refractivity contribution in [3.8, 4) is 0 Å². The Labute approximate surface area is 178 Å². The quantitative estimate of drug-likeness (QED) is 0.480. The fraction of sp³-hybridized carbons (Fsp3) is 0.778. The third kappa shape index (κ3) is 5.00. The molecule has 0 N–H and O–H groups in total. The maximum atomic E-state index is 14.9. The molecule has 0 aliphatic heterocycles. The largest absolute Gasteiger partial charge is 0.207 e. The Morgan fingerprint density at radius 2 is 1.14 bits per heavy atom. The van der Waals surface area contributed by atoms with Gasteiger partial charge in [0.25, 0.3) is 0 Å². The Morgan fingerprint density at radius 1 is 0.679 bits per heavy atom. The third-order valence-electron chi connectivity index (χ3n) is 8.45. The summed E-state index contributed by atoms with van der Waals surface area (Å²) in [6.45, 7) is 4.75. The molecule has 0 radical (unpaired) electrons. The van der Waals surface area contributed by atoms with Crippen molar-refractivity contribution in [3.05, 3.63) is 35.1 Å². The molecule has 1 aromatic carbocycles. The molecule has 0 amide bonds. The van der Waals surface area contributed by atoms with Crippen molar-refractivity contribution in [1.29, 1.82) is 0 Å². The van der Waals surface area contributed by atoms with E-state index in [2.05, 4.69) is 26.0 Å². The van der Waals surface area contributed by atoms with E-state index in [0.29, 0.717) is 11.8 Å². The summed E-state index contributed by atoms with van der Waals surface area (Å²) in [7, 11) is 0. The molecule has 1 heteroatoms. The zero-order valence-electron chi connectivity index (χ0n) is 17.6. The van der Waals surface area contributed by atoms with E-state index in [0.717, 1.165) is 29.2 Å². The first-order chi connectivity index (χ1) is 13.1. The lowest BCUT2D eigenvalue weighted by molar-refractivity contribution is 0.165. The van der Waals surface area contributed by atoms with Gasteiger partial charge in [-0.25, -0.2) is 4.39 Å². The van der Waals surface area contributed by atoms with E-state index in [1.807, 2.05) is 6.07 Å². The molecule has 3 aliphatic rings. The molecule has 0 spiro atoms. The highest BCUT2D eigenvalue weighted by atomic mass is 19.1. The number of hydrogen-bond acceptors (Lipinski definition) is 0. The SMILES string of the molecule is C.CC1CCC(c2ccc(C3CCC(C4CCC(C)CC4)CC3)cc2F)CC1.[HH].[HH].[HH]. The lowest BCUT2D eigenvalue weighted by Gasteiger charge is -2.37. The minimum Gasteiger partial charge on any atom is -0.207 e. The van der Waals surface area contributed by atoms with Gasteiger partial charge in [-0.05, 0) is 104 Å². The van der Waals surface area contributed by atoms with Crippen LogP contribution in [0.2, 0.25) is 0 Å². The van der Waals surface area contributed by atoms with Crippen LogP contribution in [0.5, 0.6) is 0 Å². The summed E-state index contributed by atoms with van der Waals surface area (Å²) in [6, 6.07) is 6.31. The molecule has 164 valence electrons. The number of benzene rings is 1. The predicted octanol–water partition coefficient (Wildman–Crippen LogP) is 9.59. The highest BCUT2D eigenvalue weighted by molar-refractivity contribution is 5.30. The van der Waals surface area contributed by atoms with Crippen molar-refractivity contribution in [2.75, 3.05) is 0 Å². The van der Waals surface area contributed by atoms with Gasteiger partial charge in [-0.15, -0.1) is 0 Å². The topological polar surface area (TPSA) is 0 Å². The number of rotatable bonds is 3. The standard InChI is InChI=1S/C26H39F.CH4.3H2/c1-18-3-7-20(8-4-18)21-11-13-22(14-12-21)24-15-16-25(26(27)17-24)23-9-5-19(2)6-10-23;;;;/h15-23H,3-14H2,1-2H3;1H4;3*1H. The lowest BCUT2D eigenvalue weighted by atomic mass is 9.68. The molecule has 0 saturated heterocycles. The maximum absolute atomic E-state index is 14.9. The van der Waals surface area contributed by atoms with E-state index in [9.17, 15) is 4.39 Å². The average Bonchev–Trinajstić information content (AvgIpc) is 2.69. The van der Waals surface area contributed by atoms with E-state index < -0.39 is 0 Å².